The van der Waals surface area contributed by atoms with E-state index in [0.29, 0.717) is 17.1 Å². The molecule has 4 rings (SSSR count). The molecule has 2 heterocycles. The molecule has 1 amide bonds. The van der Waals surface area contributed by atoms with E-state index in [1.807, 2.05) is 0 Å². The smallest absolute Gasteiger partial charge is 0.284 e. The molecule has 0 radical (unpaired) electrons. The Morgan fingerprint density at radius 3 is 2.55 bits per heavy atom. The van der Waals surface area contributed by atoms with Gasteiger partial charge in [0, 0.05) is 5.69 Å². The van der Waals surface area contributed by atoms with E-state index in [1.165, 1.54) is 35.3 Å². The highest BCUT2D eigenvalue weighted by atomic mass is 19.1. The molecule has 2 aromatic heterocycles. The third-order valence-corrected chi connectivity index (χ3v) is 4.19. The van der Waals surface area contributed by atoms with Gasteiger partial charge in [-0.15, -0.1) is 5.10 Å². The van der Waals surface area contributed by atoms with E-state index in [1.54, 1.807) is 31.4 Å². The average molecular weight is 394 g/mol. The van der Waals surface area contributed by atoms with E-state index >= 15 is 0 Å². The summed E-state index contributed by atoms with van der Waals surface area (Å²) in [5, 5.41) is 10.5. The maximum Gasteiger partial charge on any atom is 0.284 e. The minimum atomic E-state index is -0.506. The molecular formula is C19H15FN6O3. The molecule has 0 aliphatic heterocycles. The Balaban J connectivity index is 1.56. The lowest BCUT2D eigenvalue weighted by molar-refractivity contribution is -0.116. The van der Waals surface area contributed by atoms with Crippen LogP contribution < -0.4 is 15.6 Å². The number of ether oxygens (including phenoxy) is 1. The number of hydrogen-bond acceptors (Lipinski definition) is 6. The van der Waals surface area contributed by atoms with Crippen molar-refractivity contribution in [3.63, 3.8) is 0 Å². The molecule has 146 valence electrons. The Morgan fingerprint density at radius 1 is 1.14 bits per heavy atom. The Morgan fingerprint density at radius 2 is 1.86 bits per heavy atom. The molecule has 4 aromatic rings. The third kappa shape index (κ3) is 3.68. The fourth-order valence-corrected chi connectivity index (χ4v) is 2.74. The van der Waals surface area contributed by atoms with E-state index in [0.717, 1.165) is 4.57 Å². The van der Waals surface area contributed by atoms with E-state index in [2.05, 4.69) is 20.6 Å². The van der Waals surface area contributed by atoms with Crippen molar-refractivity contribution < 1.29 is 13.9 Å². The predicted octanol–water partition coefficient (Wildman–Crippen LogP) is 1.76. The Labute approximate surface area is 163 Å². The fourth-order valence-electron chi connectivity index (χ4n) is 2.74. The van der Waals surface area contributed by atoms with E-state index < -0.39 is 17.3 Å². The number of amides is 1. The zero-order valence-corrected chi connectivity index (χ0v) is 15.2. The molecule has 0 atom stereocenters. The molecule has 10 heteroatoms. The first-order valence-electron chi connectivity index (χ1n) is 8.56. The van der Waals surface area contributed by atoms with Crippen molar-refractivity contribution >= 4 is 22.8 Å². The summed E-state index contributed by atoms with van der Waals surface area (Å²) in [6.45, 7) is -0.239. The monoisotopic (exact) mass is 394 g/mol. The summed E-state index contributed by atoms with van der Waals surface area (Å²) in [7, 11) is 1.55. The van der Waals surface area contributed by atoms with Crippen molar-refractivity contribution in [2.45, 2.75) is 6.54 Å². The largest absolute Gasteiger partial charge is 0.497 e. The summed E-state index contributed by atoms with van der Waals surface area (Å²) >= 11 is 0. The van der Waals surface area contributed by atoms with Gasteiger partial charge in [0.15, 0.2) is 11.2 Å². The first-order valence-corrected chi connectivity index (χ1v) is 8.56. The van der Waals surface area contributed by atoms with Gasteiger partial charge in [-0.05, 0) is 48.5 Å². The van der Waals surface area contributed by atoms with Crippen LogP contribution in [0.2, 0.25) is 0 Å². The van der Waals surface area contributed by atoms with Crippen LogP contribution in [0.1, 0.15) is 0 Å². The number of nitrogens with one attached hydrogen (secondary N) is 1. The molecular weight excluding hydrogens is 379 g/mol. The topological polar surface area (TPSA) is 104 Å². The summed E-state index contributed by atoms with van der Waals surface area (Å²) < 4.78 is 20.7. The van der Waals surface area contributed by atoms with Crippen molar-refractivity contribution in [3.8, 4) is 11.4 Å². The van der Waals surface area contributed by atoms with Gasteiger partial charge in [-0.2, -0.15) is 4.68 Å². The molecule has 0 unspecified atom stereocenters. The highest BCUT2D eigenvalue weighted by Crippen LogP contribution is 2.15. The van der Waals surface area contributed by atoms with Crippen LogP contribution >= 0.6 is 0 Å². The zero-order chi connectivity index (χ0) is 20.4. The SMILES string of the molecule is COc1ccc(NC(=O)Cn2cnc3c(nnn3-c3ccc(F)cc3)c2=O)cc1. The highest BCUT2D eigenvalue weighted by Gasteiger charge is 2.15. The highest BCUT2D eigenvalue weighted by molar-refractivity contribution is 5.90. The summed E-state index contributed by atoms with van der Waals surface area (Å²) in [5.41, 5.74) is 0.798. The van der Waals surface area contributed by atoms with Crippen LogP contribution in [-0.2, 0) is 11.3 Å². The number of anilines is 1. The van der Waals surface area contributed by atoms with E-state index in [9.17, 15) is 14.0 Å². The van der Waals surface area contributed by atoms with Gasteiger partial charge in [0.05, 0.1) is 12.8 Å². The van der Waals surface area contributed by atoms with Crippen LogP contribution in [0.25, 0.3) is 16.9 Å². The molecule has 0 saturated heterocycles. The predicted molar refractivity (Wildman–Crippen MR) is 103 cm³/mol. The third-order valence-electron chi connectivity index (χ3n) is 4.19. The van der Waals surface area contributed by atoms with Gasteiger partial charge in [-0.3, -0.25) is 14.2 Å². The van der Waals surface area contributed by atoms with Gasteiger partial charge in [-0.1, -0.05) is 5.21 Å². The molecule has 0 aliphatic rings. The van der Waals surface area contributed by atoms with Crippen LogP contribution in [0.15, 0.2) is 59.7 Å². The van der Waals surface area contributed by atoms with Crippen LogP contribution in [0.5, 0.6) is 5.75 Å². The first-order chi connectivity index (χ1) is 14.0. The minimum absolute atomic E-state index is 0.00840. The van der Waals surface area contributed by atoms with Crippen LogP contribution in [-0.4, -0.2) is 37.6 Å². The molecule has 0 fully saturated rings. The summed E-state index contributed by atoms with van der Waals surface area (Å²) in [5.74, 6) is -0.126. The molecule has 9 nitrogen and oxygen atoms in total. The normalized spacial score (nSPS) is 10.8. The van der Waals surface area contributed by atoms with Crippen molar-refractivity contribution in [1.82, 2.24) is 24.5 Å². The van der Waals surface area contributed by atoms with Gasteiger partial charge in [0.1, 0.15) is 24.4 Å². The second-order valence-corrected chi connectivity index (χ2v) is 6.10. The number of aromatic nitrogens is 5. The summed E-state index contributed by atoms with van der Waals surface area (Å²) in [6, 6.07) is 12.3. The first kappa shape index (κ1) is 18.3. The van der Waals surface area contributed by atoms with Crippen molar-refractivity contribution in [2.75, 3.05) is 12.4 Å². The number of rotatable bonds is 5. The van der Waals surface area contributed by atoms with Gasteiger partial charge < -0.3 is 10.1 Å². The summed E-state index contributed by atoms with van der Waals surface area (Å²) in [6.07, 6.45) is 1.25. The number of benzene rings is 2. The van der Waals surface area contributed by atoms with E-state index in [4.69, 9.17) is 4.74 Å². The van der Waals surface area contributed by atoms with Gasteiger partial charge >= 0.3 is 0 Å². The molecule has 0 aliphatic carbocycles. The quantitative estimate of drug-likeness (QED) is 0.553. The fraction of sp³-hybridized carbons (Fsp3) is 0.105. The van der Waals surface area contributed by atoms with Gasteiger partial charge in [0.2, 0.25) is 5.91 Å². The molecule has 0 saturated carbocycles. The molecule has 1 N–H and O–H groups in total. The zero-order valence-electron chi connectivity index (χ0n) is 15.2. The minimum Gasteiger partial charge on any atom is -0.497 e. The lowest BCUT2D eigenvalue weighted by Gasteiger charge is -2.08. The van der Waals surface area contributed by atoms with Crippen molar-refractivity contribution in [1.29, 1.82) is 0 Å². The number of nitrogens with zero attached hydrogens (tertiary/aromatic N) is 5. The average Bonchev–Trinajstić information content (AvgIpc) is 3.16. The number of hydrogen-bond donors (Lipinski definition) is 1. The number of methoxy groups -OCH3 is 1. The number of carbonyl (C=O) groups is 1. The van der Waals surface area contributed by atoms with Gasteiger partial charge in [0.25, 0.3) is 5.56 Å². The molecule has 0 bridgehead atoms. The van der Waals surface area contributed by atoms with Crippen LogP contribution in [0.4, 0.5) is 10.1 Å². The second kappa shape index (κ2) is 7.50. The van der Waals surface area contributed by atoms with Crippen molar-refractivity contribution in [3.05, 3.63) is 71.0 Å². The van der Waals surface area contributed by atoms with Gasteiger partial charge in [-0.25, -0.2) is 9.37 Å². The molecule has 0 spiro atoms. The maximum atomic E-state index is 13.1. The summed E-state index contributed by atoms with van der Waals surface area (Å²) in [4.78, 5) is 29.1. The lowest BCUT2D eigenvalue weighted by Crippen LogP contribution is -2.28. The number of halogens is 1. The molecule has 29 heavy (non-hydrogen) atoms. The van der Waals surface area contributed by atoms with Crippen molar-refractivity contribution in [2.24, 2.45) is 0 Å². The lowest BCUT2D eigenvalue weighted by atomic mass is 10.3. The van der Waals surface area contributed by atoms with Crippen LogP contribution in [0.3, 0.4) is 0 Å². The Kier molecular flexibility index (Phi) is 4.73. The Bertz CT molecular complexity index is 1230. The van der Waals surface area contributed by atoms with Crippen LogP contribution in [0, 0.1) is 5.82 Å². The molecule has 2 aromatic carbocycles. The second-order valence-electron chi connectivity index (χ2n) is 6.10. The number of fused-ring (bicyclic) bond motifs is 1. The van der Waals surface area contributed by atoms with E-state index in [-0.39, 0.29) is 17.7 Å². The standard InChI is InChI=1S/C19H15FN6O3/c1-29-15-8-4-13(5-9-15)22-16(27)10-25-11-21-18-17(19(25)28)23-24-26(18)14-6-2-12(20)3-7-14/h2-9,11H,10H2,1H3,(H,22,27). The Hall–Kier alpha value is -4.08. The maximum absolute atomic E-state index is 13.1. The number of carbonyl (C=O) groups excluding carboxylic acids is 1.